The Labute approximate surface area is 369 Å². The summed E-state index contributed by atoms with van der Waals surface area (Å²) in [5.74, 6) is -71.0. The van der Waals surface area contributed by atoms with E-state index >= 15 is 35.1 Å². The van der Waals surface area contributed by atoms with E-state index in [1.807, 2.05) is 48.5 Å². The molecule has 0 amide bonds. The second-order valence-corrected chi connectivity index (χ2v) is 13.9. The largest absolute Gasteiger partial charge is 0.438 e. The number of halogens is 20. The van der Waals surface area contributed by atoms with Gasteiger partial charge in [-0.05, 0) is 17.7 Å². The third kappa shape index (κ3) is 8.24. The molecule has 6 aromatic carbocycles. The van der Waals surface area contributed by atoms with Gasteiger partial charge in [-0.25, -0.2) is 87.8 Å². The lowest BCUT2D eigenvalue weighted by Gasteiger charge is -2.44. The van der Waals surface area contributed by atoms with Crippen molar-refractivity contribution in [2.45, 2.75) is 6.54 Å². The molecule has 7 rings (SSSR count). The molecule has 7 aromatic rings. The number of carbonyl (C=O) groups excluding carboxylic acids is 1. The van der Waals surface area contributed by atoms with Gasteiger partial charge in [-0.2, -0.15) is 4.57 Å². The van der Waals surface area contributed by atoms with Gasteiger partial charge >= 0.3 is 5.88 Å². The predicted molar refractivity (Wildman–Crippen MR) is 199 cm³/mol. The molecular weight excluding hydrogens is 983 g/mol. The van der Waals surface area contributed by atoms with Crippen LogP contribution in [-0.4, -0.2) is 18.7 Å². The Hall–Kier alpha value is -7.83. The Kier molecular flexibility index (Phi) is 14.2. The second-order valence-electron chi connectivity index (χ2n) is 13.9. The number of ketones is 1. The van der Waals surface area contributed by atoms with Gasteiger partial charge in [0.1, 0.15) is 52.7 Å². The average Bonchev–Trinajstić information content (AvgIpc) is 3.34. The van der Waals surface area contributed by atoms with Crippen LogP contribution >= 0.6 is 0 Å². The number of fused-ring (bicyclic) bond motifs is 1. The van der Waals surface area contributed by atoms with E-state index in [0.29, 0.717) is 11.4 Å². The molecule has 0 atom stereocenters. The normalized spacial score (nSPS) is 11.4. The van der Waals surface area contributed by atoms with Gasteiger partial charge in [0.25, 0.3) is 0 Å². The Bertz CT molecular complexity index is 2920. The van der Waals surface area contributed by atoms with E-state index < -0.39 is 144 Å². The van der Waals surface area contributed by atoms with Crippen LogP contribution in [0.5, 0.6) is 5.88 Å². The first-order chi connectivity index (χ1) is 32.5. The number of carbonyl (C=O) groups is 1. The number of rotatable bonds is 10. The van der Waals surface area contributed by atoms with Gasteiger partial charge in [0, 0.05) is 21.9 Å². The van der Waals surface area contributed by atoms with Crippen molar-refractivity contribution in [2.24, 2.45) is 5.11 Å². The zero-order valence-corrected chi connectivity index (χ0v) is 33.0. The van der Waals surface area contributed by atoms with Crippen LogP contribution in [0.25, 0.3) is 21.3 Å². The molecule has 0 unspecified atom stereocenters. The van der Waals surface area contributed by atoms with Gasteiger partial charge in [-0.1, -0.05) is 47.6 Å². The molecule has 0 bridgehead atoms. The number of Topliss-reactive ketones (excluding diaryl/α,β-unsaturated/α-hetero) is 1. The highest BCUT2D eigenvalue weighted by molar-refractivity contribution is 7.20. The highest BCUT2D eigenvalue weighted by Gasteiger charge is 2.52. The summed E-state index contributed by atoms with van der Waals surface area (Å²) in [6, 6.07) is 20.5. The molecule has 27 heteroatoms. The molecule has 1 heterocycles. The number of hydrogen-bond acceptors (Lipinski definition) is 3. The summed E-state index contributed by atoms with van der Waals surface area (Å²) in [6.07, 6.45) is -7.22. The maximum atomic E-state index is 15.4. The summed E-state index contributed by atoms with van der Waals surface area (Å²) in [5, 5.41) is 4.38. The highest BCUT2D eigenvalue weighted by atomic mass is 19.2. The number of ether oxygens (including phenoxy) is 1. The Balaban J connectivity index is 0.000000273. The number of benzene rings is 6. The molecule has 0 aliphatic carbocycles. The predicted octanol–water partition coefficient (Wildman–Crippen LogP) is 9.50. The molecule has 69 heavy (non-hydrogen) atoms. The van der Waals surface area contributed by atoms with Crippen LogP contribution in [0, 0.1) is 116 Å². The van der Waals surface area contributed by atoms with E-state index in [0.717, 1.165) is 10.9 Å². The van der Waals surface area contributed by atoms with Crippen molar-refractivity contribution in [3.8, 4) is 5.88 Å². The number of hydrogen-bond donors (Lipinski definition) is 0. The van der Waals surface area contributed by atoms with Crippen LogP contribution in [0.2, 0.25) is 0 Å². The quantitative estimate of drug-likeness (QED) is 0.0158. The van der Waals surface area contributed by atoms with Crippen molar-refractivity contribution >= 4 is 44.7 Å². The van der Waals surface area contributed by atoms with Crippen molar-refractivity contribution in [3.63, 3.8) is 0 Å². The van der Waals surface area contributed by atoms with Gasteiger partial charge in [-0.15, -0.1) is 21.9 Å². The number of azide groups is 1. The second kappa shape index (κ2) is 19.4. The van der Waals surface area contributed by atoms with Gasteiger partial charge in [0.15, 0.2) is 76.5 Å². The van der Waals surface area contributed by atoms with E-state index in [9.17, 15) is 57.5 Å². The summed E-state index contributed by atoms with van der Waals surface area (Å²) < 4.78 is 301. The summed E-state index contributed by atoms with van der Waals surface area (Å²) >= 11 is 0. The van der Waals surface area contributed by atoms with Crippen molar-refractivity contribution in [3.05, 3.63) is 199 Å². The Morgan fingerprint density at radius 2 is 0.768 bits per heavy atom. The molecule has 0 saturated carbocycles. The average molecular weight is 998 g/mol. The number of nitrogens with zero attached hydrogens (tertiary/aromatic N) is 4. The lowest BCUT2D eigenvalue weighted by Crippen LogP contribution is -2.81. The molecular formula is C42H15BF20N4O2. The zero-order chi connectivity index (χ0) is 51.1. The highest BCUT2D eigenvalue weighted by Crippen LogP contribution is 2.31. The van der Waals surface area contributed by atoms with Gasteiger partial charge in [0.2, 0.25) is 17.8 Å². The molecule has 0 spiro atoms. The molecule has 1 aromatic heterocycles. The molecule has 0 aliphatic rings. The Morgan fingerprint density at radius 1 is 0.449 bits per heavy atom. The van der Waals surface area contributed by atoms with Gasteiger partial charge in [-0.3, -0.25) is 4.79 Å². The molecule has 0 saturated heterocycles. The number of pyridine rings is 1. The van der Waals surface area contributed by atoms with E-state index in [-0.39, 0.29) is 19.1 Å². The Morgan fingerprint density at radius 3 is 1.12 bits per heavy atom. The molecule has 0 aliphatic heterocycles. The maximum absolute atomic E-state index is 15.4. The van der Waals surface area contributed by atoms with Crippen molar-refractivity contribution in [1.82, 2.24) is 0 Å². The van der Waals surface area contributed by atoms with Crippen LogP contribution in [0.3, 0.4) is 0 Å². The van der Waals surface area contributed by atoms with Crippen molar-refractivity contribution in [2.75, 3.05) is 6.73 Å². The monoisotopic (exact) mass is 998 g/mol. The summed E-state index contributed by atoms with van der Waals surface area (Å²) in [7, 11) is 0. The lowest BCUT2D eigenvalue weighted by atomic mass is 9.12. The minimum absolute atomic E-state index is 0.0226. The lowest BCUT2D eigenvalue weighted by molar-refractivity contribution is -0.663. The summed E-state index contributed by atoms with van der Waals surface area (Å²) in [6.45, 7) is 0.00529. The molecule has 0 N–H and O–H groups in total. The number of para-hydroxylation sites is 1. The first-order valence-corrected chi connectivity index (χ1v) is 18.4. The van der Waals surface area contributed by atoms with E-state index in [1.165, 1.54) is 0 Å². The summed E-state index contributed by atoms with van der Waals surface area (Å²) in [5.41, 5.74) is -4.42. The molecule has 358 valence electrons. The zero-order valence-electron chi connectivity index (χ0n) is 33.0. The molecule has 0 fully saturated rings. The van der Waals surface area contributed by atoms with E-state index in [1.54, 1.807) is 22.8 Å². The minimum Gasteiger partial charge on any atom is -0.438 e. The summed E-state index contributed by atoms with van der Waals surface area (Å²) in [4.78, 5) is 15.3. The van der Waals surface area contributed by atoms with Crippen LogP contribution in [0.1, 0.15) is 10.4 Å². The molecule has 6 nitrogen and oxygen atoms in total. The van der Waals surface area contributed by atoms with Gasteiger partial charge < -0.3 is 4.74 Å². The van der Waals surface area contributed by atoms with E-state index in [2.05, 4.69) is 10.0 Å². The third-order valence-corrected chi connectivity index (χ3v) is 10.3. The smallest absolute Gasteiger partial charge is 0.368 e. The van der Waals surface area contributed by atoms with Crippen molar-refractivity contribution < 1.29 is 102 Å². The standard InChI is InChI=1S/C24BF20.C18H15N4O2/c26-5-1(6(27)14(35)21(42)13(5)34)25(2-7(28)15(36)22(43)16(37)8(2)29,3-9(30)17(38)23(44)18(39)10(3)31)4-11(32)19(40)24(45)20(41)12(4)33;19-21-20-13-24-18-11-10-14-6-4-5-9-16(14)22(18)12-17(23)15-7-2-1-3-8-15/h;1-11H,12-13H2/q-1;+1. The van der Waals surface area contributed by atoms with E-state index in [4.69, 9.17) is 10.3 Å². The molecule has 0 radical (unpaired) electrons. The fraction of sp³-hybridized carbons (Fsp3) is 0.0476. The van der Waals surface area contributed by atoms with Crippen LogP contribution in [-0.2, 0) is 6.54 Å². The van der Waals surface area contributed by atoms with Crippen LogP contribution in [0.4, 0.5) is 87.8 Å². The van der Waals surface area contributed by atoms with Crippen LogP contribution < -0.4 is 31.2 Å². The SMILES string of the molecule is Fc1c(F)c(F)c([B-](c2c(F)c(F)c(F)c(F)c2F)(c2c(F)c(F)c(F)c(F)c2F)c2c(F)c(F)c(F)c(F)c2F)c(F)c1F.[N-]=[N+]=NCOc1ccc2ccccc2[n+]1CC(=O)c1ccccc1. The van der Waals surface area contributed by atoms with Crippen molar-refractivity contribution in [1.29, 1.82) is 0 Å². The van der Waals surface area contributed by atoms with Crippen LogP contribution in [0.15, 0.2) is 71.8 Å². The number of aromatic nitrogens is 1. The minimum atomic E-state index is -7.22. The topological polar surface area (TPSA) is 78.9 Å². The third-order valence-electron chi connectivity index (χ3n) is 10.3. The van der Waals surface area contributed by atoms with Gasteiger partial charge in [0.05, 0.1) is 6.07 Å². The first-order valence-electron chi connectivity index (χ1n) is 18.4. The maximum Gasteiger partial charge on any atom is 0.368 e. The fourth-order valence-electron chi connectivity index (χ4n) is 7.39. The first kappa shape index (κ1) is 50.6. The fourth-order valence-corrected chi connectivity index (χ4v) is 7.39.